The number of methoxy groups -OCH3 is 1. The maximum absolute atomic E-state index is 12.1. The number of thiazole rings is 1. The molecule has 1 heterocycles. The fourth-order valence-corrected chi connectivity index (χ4v) is 3.87. The number of aromatic nitrogens is 1. The molecule has 0 saturated carbocycles. The van der Waals surface area contributed by atoms with Gasteiger partial charge in [-0.2, -0.15) is 0 Å². The normalized spacial score (nSPS) is 11.8. The van der Waals surface area contributed by atoms with Crippen molar-refractivity contribution in [2.24, 2.45) is 0 Å². The van der Waals surface area contributed by atoms with Gasteiger partial charge < -0.3 is 15.2 Å². The third-order valence-electron chi connectivity index (χ3n) is 3.41. The zero-order chi connectivity index (χ0) is 18.4. The molecule has 1 atom stereocenters. The minimum absolute atomic E-state index is 0.0850. The lowest BCUT2D eigenvalue weighted by molar-refractivity contribution is -0.121. The zero-order valence-corrected chi connectivity index (χ0v) is 15.9. The maximum Gasteiger partial charge on any atom is 0.347 e. The first-order valence-electron chi connectivity index (χ1n) is 7.67. The number of thioether (sulfide) groups is 1. The monoisotopic (exact) mass is 380 g/mol. The van der Waals surface area contributed by atoms with E-state index in [1.807, 2.05) is 24.3 Å². The summed E-state index contributed by atoms with van der Waals surface area (Å²) in [5.74, 6) is 0.381. The van der Waals surface area contributed by atoms with E-state index in [4.69, 9.17) is 9.84 Å². The highest BCUT2D eigenvalue weighted by molar-refractivity contribution is 7.99. The molecular formula is C17H20N2O4S2. The molecule has 1 aromatic heterocycles. The predicted octanol–water partition coefficient (Wildman–Crippen LogP) is 3.52. The Bertz CT molecular complexity index is 744. The van der Waals surface area contributed by atoms with Crippen LogP contribution < -0.4 is 10.1 Å². The second-order valence-corrected chi connectivity index (χ2v) is 7.53. The van der Waals surface area contributed by atoms with Gasteiger partial charge in [-0.3, -0.25) is 4.79 Å². The molecule has 0 fully saturated rings. The van der Waals surface area contributed by atoms with E-state index in [9.17, 15) is 9.59 Å². The van der Waals surface area contributed by atoms with Crippen molar-refractivity contribution in [3.63, 3.8) is 0 Å². The summed E-state index contributed by atoms with van der Waals surface area (Å²) in [6, 6.07) is 7.37. The second kappa shape index (κ2) is 8.87. The fourth-order valence-electron chi connectivity index (χ4n) is 2.11. The molecule has 6 nitrogen and oxygen atoms in total. The Kier molecular flexibility index (Phi) is 6.83. The van der Waals surface area contributed by atoms with Gasteiger partial charge in [-0.25, -0.2) is 9.78 Å². The first kappa shape index (κ1) is 19.3. The Morgan fingerprint density at radius 2 is 2.04 bits per heavy atom. The van der Waals surface area contributed by atoms with Crippen LogP contribution in [0.2, 0.25) is 0 Å². The summed E-state index contributed by atoms with van der Waals surface area (Å²) in [7, 11) is 1.62. The van der Waals surface area contributed by atoms with Crippen LogP contribution in [0.3, 0.4) is 0 Å². The van der Waals surface area contributed by atoms with Crippen molar-refractivity contribution in [1.82, 2.24) is 10.3 Å². The smallest absolute Gasteiger partial charge is 0.347 e. The van der Waals surface area contributed by atoms with Gasteiger partial charge >= 0.3 is 5.97 Å². The fraction of sp³-hybridized carbons (Fsp3) is 0.353. The minimum Gasteiger partial charge on any atom is -0.497 e. The molecule has 2 rings (SSSR count). The lowest BCUT2D eigenvalue weighted by Gasteiger charge is -2.11. The lowest BCUT2D eigenvalue weighted by Crippen LogP contribution is -2.26. The van der Waals surface area contributed by atoms with Crippen molar-refractivity contribution in [2.75, 3.05) is 12.9 Å². The highest BCUT2D eigenvalue weighted by Gasteiger charge is 2.19. The van der Waals surface area contributed by atoms with Crippen molar-refractivity contribution in [3.05, 3.63) is 39.8 Å². The van der Waals surface area contributed by atoms with Gasteiger partial charge in [0, 0.05) is 17.1 Å². The minimum atomic E-state index is -0.990. The number of rotatable bonds is 8. The average molecular weight is 380 g/mol. The van der Waals surface area contributed by atoms with Crippen LogP contribution in [0.5, 0.6) is 5.75 Å². The van der Waals surface area contributed by atoms with Gasteiger partial charge in [0.1, 0.15) is 15.6 Å². The molecule has 2 N–H and O–H groups in total. The Morgan fingerprint density at radius 3 is 2.60 bits per heavy atom. The topological polar surface area (TPSA) is 88.5 Å². The van der Waals surface area contributed by atoms with Crippen LogP contribution in [0.1, 0.15) is 39.8 Å². The molecule has 1 amide bonds. The summed E-state index contributed by atoms with van der Waals surface area (Å²) in [6.07, 6.45) is 0.372. The SMILES string of the molecule is COc1ccc(SCCC(=O)NC(C)c2nc(C)c(C(=O)O)s2)cc1. The van der Waals surface area contributed by atoms with Crippen molar-refractivity contribution in [2.45, 2.75) is 31.2 Å². The molecule has 0 spiro atoms. The Labute approximate surface area is 154 Å². The molecule has 0 saturated heterocycles. The number of nitrogens with one attached hydrogen (secondary N) is 1. The van der Waals surface area contributed by atoms with Gasteiger partial charge in [0.2, 0.25) is 5.91 Å². The molecule has 2 aromatic rings. The summed E-state index contributed by atoms with van der Waals surface area (Å²) in [6.45, 7) is 3.46. The van der Waals surface area contributed by atoms with Crippen molar-refractivity contribution in [1.29, 1.82) is 0 Å². The number of hydrogen-bond donors (Lipinski definition) is 2. The molecule has 1 unspecified atom stereocenters. The van der Waals surface area contributed by atoms with Gasteiger partial charge in [0.25, 0.3) is 0 Å². The van der Waals surface area contributed by atoms with E-state index in [1.54, 1.807) is 32.7 Å². The van der Waals surface area contributed by atoms with E-state index in [0.29, 0.717) is 22.9 Å². The van der Waals surface area contributed by atoms with Crippen LogP contribution >= 0.6 is 23.1 Å². The number of aryl methyl sites for hydroxylation is 1. The third kappa shape index (κ3) is 5.47. The summed E-state index contributed by atoms with van der Waals surface area (Å²) in [5.41, 5.74) is 0.476. The van der Waals surface area contributed by atoms with E-state index in [-0.39, 0.29) is 16.8 Å². The summed E-state index contributed by atoms with van der Waals surface area (Å²) < 4.78 is 5.11. The van der Waals surface area contributed by atoms with Crippen LogP contribution in [0.15, 0.2) is 29.2 Å². The maximum atomic E-state index is 12.1. The molecule has 25 heavy (non-hydrogen) atoms. The quantitative estimate of drug-likeness (QED) is 0.681. The number of carboxylic acids is 1. The average Bonchev–Trinajstić information content (AvgIpc) is 2.97. The van der Waals surface area contributed by atoms with Gasteiger partial charge in [-0.15, -0.1) is 23.1 Å². The molecule has 1 aromatic carbocycles. The molecule has 0 aliphatic carbocycles. The molecule has 134 valence electrons. The number of nitrogens with zero attached hydrogens (tertiary/aromatic N) is 1. The van der Waals surface area contributed by atoms with Crippen molar-refractivity contribution < 1.29 is 19.4 Å². The van der Waals surface area contributed by atoms with E-state index in [0.717, 1.165) is 22.0 Å². The van der Waals surface area contributed by atoms with E-state index < -0.39 is 5.97 Å². The van der Waals surface area contributed by atoms with Crippen LogP contribution in [-0.2, 0) is 4.79 Å². The number of benzene rings is 1. The third-order valence-corrected chi connectivity index (χ3v) is 5.75. The van der Waals surface area contributed by atoms with Crippen LogP contribution in [0.4, 0.5) is 0 Å². The van der Waals surface area contributed by atoms with E-state index in [1.165, 1.54) is 0 Å². The number of ether oxygens (including phenoxy) is 1. The molecule has 0 bridgehead atoms. The Balaban J connectivity index is 1.81. The largest absolute Gasteiger partial charge is 0.497 e. The van der Waals surface area contributed by atoms with Gasteiger partial charge in [0.05, 0.1) is 18.8 Å². The van der Waals surface area contributed by atoms with Gasteiger partial charge in [-0.05, 0) is 38.1 Å². The lowest BCUT2D eigenvalue weighted by atomic mass is 10.3. The number of aromatic carboxylic acids is 1. The molecular weight excluding hydrogens is 360 g/mol. The standard InChI is InChI=1S/C17H20N2O4S2/c1-10-15(17(21)22)25-16(19-10)11(2)18-14(20)8-9-24-13-6-4-12(23-3)5-7-13/h4-7,11H,8-9H2,1-3H3,(H,18,20)(H,21,22). The predicted molar refractivity (Wildman–Crippen MR) is 98.7 cm³/mol. The van der Waals surface area contributed by atoms with Gasteiger partial charge in [-0.1, -0.05) is 0 Å². The van der Waals surface area contributed by atoms with Crippen molar-refractivity contribution >= 4 is 35.0 Å². The zero-order valence-electron chi connectivity index (χ0n) is 14.2. The second-order valence-electron chi connectivity index (χ2n) is 5.33. The Hall–Kier alpha value is -2.06. The summed E-state index contributed by atoms with van der Waals surface area (Å²) in [5, 5.41) is 12.5. The summed E-state index contributed by atoms with van der Waals surface area (Å²) in [4.78, 5) is 28.6. The highest BCUT2D eigenvalue weighted by atomic mass is 32.2. The first-order chi connectivity index (χ1) is 11.9. The number of amides is 1. The molecule has 0 aliphatic rings. The summed E-state index contributed by atoms with van der Waals surface area (Å²) >= 11 is 2.69. The van der Waals surface area contributed by atoms with Crippen LogP contribution in [0, 0.1) is 6.92 Å². The number of hydrogen-bond acceptors (Lipinski definition) is 6. The van der Waals surface area contributed by atoms with Gasteiger partial charge in [0.15, 0.2) is 0 Å². The van der Waals surface area contributed by atoms with Crippen molar-refractivity contribution in [3.8, 4) is 5.75 Å². The van der Waals surface area contributed by atoms with E-state index in [2.05, 4.69) is 10.3 Å². The molecule has 0 radical (unpaired) electrons. The van der Waals surface area contributed by atoms with E-state index >= 15 is 0 Å². The number of carboxylic acid groups (broad SMARTS) is 1. The number of carbonyl (C=O) groups is 2. The molecule has 0 aliphatic heterocycles. The highest BCUT2D eigenvalue weighted by Crippen LogP contribution is 2.24. The first-order valence-corrected chi connectivity index (χ1v) is 9.47. The number of carbonyl (C=O) groups excluding carboxylic acids is 1. The molecule has 8 heteroatoms. The van der Waals surface area contributed by atoms with Crippen LogP contribution in [0.25, 0.3) is 0 Å². The Morgan fingerprint density at radius 1 is 1.36 bits per heavy atom. The van der Waals surface area contributed by atoms with Crippen LogP contribution in [-0.4, -0.2) is 34.8 Å².